The average molecular weight is 742 g/mol. The third-order valence-electron chi connectivity index (χ3n) is 11.0. The molecule has 0 atom stereocenters. The average Bonchev–Trinajstić information content (AvgIpc) is 3.28. The fourth-order valence-electron chi connectivity index (χ4n) is 7.82. The van der Waals surface area contributed by atoms with Gasteiger partial charge >= 0.3 is 0 Å². The van der Waals surface area contributed by atoms with Gasteiger partial charge < -0.3 is 0 Å². The zero-order valence-corrected chi connectivity index (χ0v) is 32.7. The predicted molar refractivity (Wildman–Crippen MR) is 251 cm³/mol. The lowest BCUT2D eigenvalue weighted by molar-refractivity contribution is 1.31. The minimum atomic E-state index is 0.624. The smallest absolute Gasteiger partial charge is 0.0708 e. The lowest BCUT2D eigenvalue weighted by Gasteiger charge is -2.12. The molecule has 1 heteroatoms. The van der Waals surface area contributed by atoms with E-state index in [2.05, 4.69) is 226 Å². The van der Waals surface area contributed by atoms with Crippen molar-refractivity contribution in [3.63, 3.8) is 0 Å². The van der Waals surface area contributed by atoms with E-state index in [4.69, 9.17) is 4.99 Å². The highest BCUT2D eigenvalue weighted by Gasteiger charge is 2.11. The standard InChI is InChI=1S/C57H43N/c1-39(31-40(2)45-19-21-52-35-47(23-26-50(52)33-45)42-13-7-4-8-14-42)32-57(56-30-29-54-37-49(25-28-55(54)38-56)44-17-11-6-12-18-44)58-41(3)46-20-22-53-36-48(24-27-51(53)34-46)43-15-9-5-10-16-43/h4-30,32-38H,1-2,31H2,3H3/b57-32+,58-41+. The monoisotopic (exact) mass is 741 g/mol. The fraction of sp³-hybridized carbons (Fsp3) is 0.0351. The van der Waals surface area contributed by atoms with E-state index in [1.165, 1.54) is 60.3 Å². The maximum Gasteiger partial charge on any atom is 0.0708 e. The first-order valence-corrected chi connectivity index (χ1v) is 19.8. The van der Waals surface area contributed by atoms with Gasteiger partial charge in [0.15, 0.2) is 0 Å². The molecule has 0 N–H and O–H groups in total. The van der Waals surface area contributed by atoms with Crippen molar-refractivity contribution < 1.29 is 0 Å². The number of fused-ring (bicyclic) bond motifs is 3. The van der Waals surface area contributed by atoms with Gasteiger partial charge in [0.05, 0.1) is 5.70 Å². The molecular formula is C57H43N. The highest BCUT2D eigenvalue weighted by Crippen LogP contribution is 2.32. The van der Waals surface area contributed by atoms with Crippen molar-refractivity contribution in [2.45, 2.75) is 13.3 Å². The second-order valence-corrected chi connectivity index (χ2v) is 15.1. The number of rotatable bonds is 10. The van der Waals surface area contributed by atoms with Gasteiger partial charge in [0, 0.05) is 11.3 Å². The summed E-state index contributed by atoms with van der Waals surface area (Å²) in [5.41, 5.74) is 14.3. The van der Waals surface area contributed by atoms with E-state index in [0.717, 1.165) is 44.6 Å². The van der Waals surface area contributed by atoms with Gasteiger partial charge in [0.25, 0.3) is 0 Å². The van der Waals surface area contributed by atoms with E-state index in [1.807, 2.05) is 0 Å². The predicted octanol–water partition coefficient (Wildman–Crippen LogP) is 15.7. The minimum Gasteiger partial charge on any atom is -0.253 e. The molecule has 0 spiro atoms. The number of allylic oxidation sites excluding steroid dienone is 3. The molecule has 9 aromatic carbocycles. The Bertz CT molecular complexity index is 3040. The van der Waals surface area contributed by atoms with Gasteiger partial charge in [-0.15, -0.1) is 0 Å². The van der Waals surface area contributed by atoms with Crippen molar-refractivity contribution in [1.29, 1.82) is 0 Å². The van der Waals surface area contributed by atoms with Gasteiger partial charge in [-0.1, -0.05) is 177 Å². The molecule has 0 aliphatic heterocycles. The molecule has 0 unspecified atom stereocenters. The maximum atomic E-state index is 5.34. The molecule has 0 aliphatic rings. The van der Waals surface area contributed by atoms with Gasteiger partial charge in [-0.25, -0.2) is 0 Å². The molecule has 58 heavy (non-hydrogen) atoms. The van der Waals surface area contributed by atoms with E-state index < -0.39 is 0 Å². The molecule has 0 radical (unpaired) electrons. The Balaban J connectivity index is 1.03. The first-order chi connectivity index (χ1) is 28.4. The molecule has 0 aromatic heterocycles. The molecule has 1 nitrogen and oxygen atoms in total. The summed E-state index contributed by atoms with van der Waals surface area (Å²) < 4.78 is 0. The topological polar surface area (TPSA) is 12.4 Å². The van der Waals surface area contributed by atoms with Crippen LogP contribution in [0.25, 0.3) is 77.0 Å². The molecule has 0 amide bonds. The van der Waals surface area contributed by atoms with E-state index in [9.17, 15) is 0 Å². The van der Waals surface area contributed by atoms with Crippen molar-refractivity contribution in [3.05, 3.63) is 242 Å². The van der Waals surface area contributed by atoms with E-state index in [-0.39, 0.29) is 0 Å². The van der Waals surface area contributed by atoms with Crippen molar-refractivity contribution in [2.75, 3.05) is 0 Å². The SMILES string of the molecule is C=C(/C=C(/N=C(\C)c1ccc2cc(-c3ccccc3)ccc2c1)c1ccc2cc(-c3ccccc3)ccc2c1)CC(=C)c1ccc2cc(-c3ccccc3)ccc2c1. The quantitative estimate of drug-likeness (QED) is 0.0978. The van der Waals surface area contributed by atoms with Crippen molar-refractivity contribution in [3.8, 4) is 33.4 Å². The van der Waals surface area contributed by atoms with Crippen molar-refractivity contribution in [2.24, 2.45) is 4.99 Å². The van der Waals surface area contributed by atoms with E-state index >= 15 is 0 Å². The molecule has 9 aromatic rings. The summed E-state index contributed by atoms with van der Waals surface area (Å²) >= 11 is 0. The molecular weight excluding hydrogens is 699 g/mol. The van der Waals surface area contributed by atoms with Crippen LogP contribution in [0.4, 0.5) is 0 Å². The van der Waals surface area contributed by atoms with Gasteiger partial charge in [0.1, 0.15) is 0 Å². The molecule has 276 valence electrons. The van der Waals surface area contributed by atoms with Gasteiger partial charge in [-0.2, -0.15) is 0 Å². The Morgan fingerprint density at radius 3 is 1.22 bits per heavy atom. The Labute approximate surface area is 341 Å². The zero-order chi connectivity index (χ0) is 39.4. The molecule has 0 fully saturated rings. The van der Waals surface area contributed by atoms with Crippen LogP contribution in [-0.4, -0.2) is 5.71 Å². The highest BCUT2D eigenvalue weighted by atomic mass is 14.8. The Kier molecular flexibility index (Phi) is 10.0. The summed E-state index contributed by atoms with van der Waals surface area (Å²) in [5, 5.41) is 7.14. The van der Waals surface area contributed by atoms with Crippen LogP contribution in [0.15, 0.2) is 230 Å². The fourth-order valence-corrected chi connectivity index (χ4v) is 7.82. The number of hydrogen-bond acceptors (Lipinski definition) is 1. The first-order valence-electron chi connectivity index (χ1n) is 19.8. The summed E-state index contributed by atoms with van der Waals surface area (Å²) in [5.74, 6) is 0. The Morgan fingerprint density at radius 2 is 0.759 bits per heavy atom. The van der Waals surface area contributed by atoms with Gasteiger partial charge in [-0.3, -0.25) is 4.99 Å². The molecule has 9 rings (SSSR count). The summed E-state index contributed by atoms with van der Waals surface area (Å²) in [6, 6.07) is 71.5. The highest BCUT2D eigenvalue weighted by molar-refractivity contribution is 6.05. The zero-order valence-electron chi connectivity index (χ0n) is 32.7. The lowest BCUT2D eigenvalue weighted by Crippen LogP contribution is -1.97. The number of hydrogen-bond donors (Lipinski definition) is 0. The van der Waals surface area contributed by atoms with Crippen LogP contribution in [0, 0.1) is 0 Å². The van der Waals surface area contributed by atoms with Gasteiger partial charge in [-0.05, 0) is 144 Å². The molecule has 0 bridgehead atoms. The second-order valence-electron chi connectivity index (χ2n) is 15.1. The summed E-state index contributed by atoms with van der Waals surface area (Å²) in [4.78, 5) is 5.34. The van der Waals surface area contributed by atoms with Crippen LogP contribution in [-0.2, 0) is 0 Å². The second kappa shape index (κ2) is 16.0. The van der Waals surface area contributed by atoms with Crippen molar-refractivity contribution in [1.82, 2.24) is 0 Å². The Morgan fingerprint density at radius 1 is 0.397 bits per heavy atom. The summed E-state index contributed by atoms with van der Waals surface area (Å²) in [6.45, 7) is 11.2. The maximum absolute atomic E-state index is 5.34. The van der Waals surface area contributed by atoms with E-state index in [0.29, 0.717) is 6.42 Å². The number of nitrogens with zero attached hydrogens (tertiary/aromatic N) is 1. The van der Waals surface area contributed by atoms with Gasteiger partial charge in [0.2, 0.25) is 0 Å². The third-order valence-corrected chi connectivity index (χ3v) is 11.0. The number of benzene rings is 9. The van der Waals surface area contributed by atoms with Crippen LogP contribution < -0.4 is 0 Å². The molecule has 0 heterocycles. The van der Waals surface area contributed by atoms with E-state index in [1.54, 1.807) is 0 Å². The normalized spacial score (nSPS) is 11.9. The number of aliphatic imine (C=N–C) groups is 1. The first kappa shape index (κ1) is 36.3. The van der Waals surface area contributed by atoms with Crippen LogP contribution in [0.1, 0.15) is 30.0 Å². The van der Waals surface area contributed by atoms with Crippen LogP contribution >= 0.6 is 0 Å². The third kappa shape index (κ3) is 7.85. The Hall–Kier alpha value is -7.35. The largest absolute Gasteiger partial charge is 0.253 e. The van der Waals surface area contributed by atoms with Crippen LogP contribution in [0.5, 0.6) is 0 Å². The van der Waals surface area contributed by atoms with Crippen molar-refractivity contribution >= 4 is 49.3 Å². The molecule has 0 saturated carbocycles. The summed E-state index contributed by atoms with van der Waals surface area (Å²) in [7, 11) is 0. The van der Waals surface area contributed by atoms with Crippen LogP contribution in [0.3, 0.4) is 0 Å². The minimum absolute atomic E-state index is 0.624. The summed E-state index contributed by atoms with van der Waals surface area (Å²) in [6.07, 6.45) is 2.76. The molecule has 0 aliphatic carbocycles. The molecule has 0 saturated heterocycles. The van der Waals surface area contributed by atoms with Crippen LogP contribution in [0.2, 0.25) is 0 Å². The lowest BCUT2D eigenvalue weighted by atomic mass is 9.95.